The minimum absolute atomic E-state index is 0.0411. The van der Waals surface area contributed by atoms with Gasteiger partial charge in [0.15, 0.2) is 5.82 Å². The van der Waals surface area contributed by atoms with Gasteiger partial charge in [0, 0.05) is 25.8 Å². The predicted octanol–water partition coefficient (Wildman–Crippen LogP) is 2.56. The third-order valence-corrected chi connectivity index (χ3v) is 6.55. The smallest absolute Gasteiger partial charge is 0.257 e. The Morgan fingerprint density at radius 2 is 1.66 bits per heavy atom. The van der Waals surface area contributed by atoms with E-state index >= 15 is 0 Å². The lowest BCUT2D eigenvalue weighted by Crippen LogP contribution is -2.44. The van der Waals surface area contributed by atoms with Crippen LogP contribution in [0.3, 0.4) is 0 Å². The molecule has 3 saturated heterocycles. The van der Waals surface area contributed by atoms with E-state index in [1.165, 1.54) is 19.3 Å². The van der Waals surface area contributed by atoms with Crippen molar-refractivity contribution in [3.63, 3.8) is 0 Å². The first-order chi connectivity index (χ1) is 14.1. The minimum atomic E-state index is -0.0725. The number of amides is 2. The molecule has 158 valence electrons. The van der Waals surface area contributed by atoms with Gasteiger partial charge in [-0.25, -0.2) is 9.97 Å². The fourth-order valence-corrected chi connectivity index (χ4v) is 4.84. The van der Waals surface area contributed by atoms with Crippen molar-refractivity contribution in [3.05, 3.63) is 23.3 Å². The van der Waals surface area contributed by atoms with Crippen LogP contribution >= 0.6 is 0 Å². The molecule has 1 atom stereocenters. The van der Waals surface area contributed by atoms with Gasteiger partial charge in [0.05, 0.1) is 23.8 Å². The van der Waals surface area contributed by atoms with Crippen LogP contribution in [0.15, 0.2) is 6.20 Å². The molecule has 3 fully saturated rings. The van der Waals surface area contributed by atoms with Crippen LogP contribution in [-0.4, -0.2) is 75.8 Å². The largest absolute Gasteiger partial charge is 0.339 e. The first-order valence-electron chi connectivity index (χ1n) is 11.3. The number of hydrogen-bond donors (Lipinski definition) is 0. The second kappa shape index (κ2) is 9.20. The van der Waals surface area contributed by atoms with Crippen molar-refractivity contribution in [2.24, 2.45) is 0 Å². The molecule has 29 heavy (non-hydrogen) atoms. The van der Waals surface area contributed by atoms with E-state index in [0.29, 0.717) is 17.9 Å². The van der Waals surface area contributed by atoms with Gasteiger partial charge in [0.2, 0.25) is 5.91 Å². The molecule has 4 heterocycles. The van der Waals surface area contributed by atoms with E-state index < -0.39 is 0 Å². The average Bonchev–Trinajstić information content (AvgIpc) is 3.27. The van der Waals surface area contributed by atoms with E-state index in [9.17, 15) is 9.59 Å². The number of nitrogens with zero attached hydrogens (tertiary/aromatic N) is 5. The summed E-state index contributed by atoms with van der Waals surface area (Å²) in [5.41, 5.74) is 1.32. The van der Waals surface area contributed by atoms with Gasteiger partial charge >= 0.3 is 0 Å². The number of piperidine rings is 2. The van der Waals surface area contributed by atoms with Gasteiger partial charge in [0.25, 0.3) is 5.91 Å². The molecule has 1 aromatic rings. The number of carbonyl (C=O) groups excluding carboxylic acids is 2. The Morgan fingerprint density at radius 3 is 2.38 bits per heavy atom. The van der Waals surface area contributed by atoms with Crippen LogP contribution in [0.1, 0.15) is 79.3 Å². The maximum atomic E-state index is 13.0. The highest BCUT2D eigenvalue weighted by Crippen LogP contribution is 2.30. The molecule has 0 unspecified atom stereocenters. The lowest BCUT2D eigenvalue weighted by Gasteiger charge is -2.36. The Hall–Kier alpha value is -2.02. The normalized spacial score (nSPS) is 23.4. The van der Waals surface area contributed by atoms with Crippen LogP contribution in [0.25, 0.3) is 0 Å². The summed E-state index contributed by atoms with van der Waals surface area (Å²) in [4.78, 5) is 41.3. The number of carbonyl (C=O) groups is 2. The molecule has 0 N–H and O–H groups in total. The summed E-state index contributed by atoms with van der Waals surface area (Å²) >= 11 is 0. The third kappa shape index (κ3) is 4.60. The lowest BCUT2D eigenvalue weighted by atomic mass is 10.0. The number of aryl methyl sites for hydroxylation is 1. The first-order valence-corrected chi connectivity index (χ1v) is 11.3. The monoisotopic (exact) mass is 399 g/mol. The maximum Gasteiger partial charge on any atom is 0.257 e. The highest BCUT2D eigenvalue weighted by atomic mass is 16.2. The van der Waals surface area contributed by atoms with Gasteiger partial charge in [-0.1, -0.05) is 0 Å². The number of aromatic nitrogens is 2. The summed E-state index contributed by atoms with van der Waals surface area (Å²) < 4.78 is 0. The molecule has 1 aromatic heterocycles. The highest BCUT2D eigenvalue weighted by molar-refractivity contribution is 5.95. The van der Waals surface area contributed by atoms with Crippen molar-refractivity contribution in [2.75, 3.05) is 39.3 Å². The molecule has 0 spiro atoms. The summed E-state index contributed by atoms with van der Waals surface area (Å²) in [5.74, 6) is 0.915. The zero-order valence-electron chi connectivity index (χ0n) is 17.6. The van der Waals surface area contributed by atoms with Crippen LogP contribution in [0.4, 0.5) is 0 Å². The topological polar surface area (TPSA) is 69.6 Å². The molecule has 0 bridgehead atoms. The van der Waals surface area contributed by atoms with Gasteiger partial charge in [-0.3, -0.25) is 14.5 Å². The van der Waals surface area contributed by atoms with Crippen LogP contribution < -0.4 is 0 Å². The number of rotatable bonds is 4. The zero-order valence-corrected chi connectivity index (χ0v) is 17.6. The quantitative estimate of drug-likeness (QED) is 0.778. The summed E-state index contributed by atoms with van der Waals surface area (Å²) in [6.07, 6.45) is 10.4. The van der Waals surface area contributed by atoms with Gasteiger partial charge in [0.1, 0.15) is 0 Å². The molecule has 4 rings (SSSR count). The van der Waals surface area contributed by atoms with Gasteiger partial charge in [-0.2, -0.15) is 0 Å². The molecule has 0 aromatic carbocycles. The van der Waals surface area contributed by atoms with Crippen molar-refractivity contribution in [3.8, 4) is 0 Å². The fraction of sp³-hybridized carbons (Fsp3) is 0.727. The molecular formula is C22H33N5O2. The molecule has 7 heteroatoms. The SMILES string of the molecule is Cc1nc([C@H]2CCCCN2C(=O)CN2CCCC2)ncc1C(=O)N1CCCCC1. The first kappa shape index (κ1) is 20.3. The minimum Gasteiger partial charge on any atom is -0.339 e. The maximum absolute atomic E-state index is 13.0. The second-order valence-corrected chi connectivity index (χ2v) is 8.66. The van der Waals surface area contributed by atoms with Crippen LogP contribution in [0.2, 0.25) is 0 Å². The second-order valence-electron chi connectivity index (χ2n) is 8.66. The molecule has 2 amide bonds. The predicted molar refractivity (Wildman–Crippen MR) is 111 cm³/mol. The molecule has 0 saturated carbocycles. The van der Waals surface area contributed by atoms with Crippen molar-refractivity contribution in [1.29, 1.82) is 0 Å². The van der Waals surface area contributed by atoms with E-state index in [-0.39, 0.29) is 17.9 Å². The van der Waals surface area contributed by atoms with E-state index in [4.69, 9.17) is 4.98 Å². The van der Waals surface area contributed by atoms with Crippen LogP contribution in [0.5, 0.6) is 0 Å². The molecule has 0 radical (unpaired) electrons. The van der Waals surface area contributed by atoms with E-state index in [0.717, 1.165) is 70.5 Å². The van der Waals surface area contributed by atoms with E-state index in [2.05, 4.69) is 9.88 Å². The Labute approximate surface area is 173 Å². The summed E-state index contributed by atoms with van der Waals surface area (Å²) in [6.45, 7) is 6.85. The van der Waals surface area contributed by atoms with Crippen molar-refractivity contribution in [1.82, 2.24) is 24.7 Å². The van der Waals surface area contributed by atoms with Gasteiger partial charge in [-0.15, -0.1) is 0 Å². The van der Waals surface area contributed by atoms with Crippen LogP contribution in [0, 0.1) is 6.92 Å². The highest BCUT2D eigenvalue weighted by Gasteiger charge is 2.32. The van der Waals surface area contributed by atoms with Gasteiger partial charge < -0.3 is 9.80 Å². The van der Waals surface area contributed by atoms with Gasteiger partial charge in [-0.05, 0) is 71.4 Å². The van der Waals surface area contributed by atoms with E-state index in [1.807, 2.05) is 16.7 Å². The van der Waals surface area contributed by atoms with Crippen molar-refractivity contribution >= 4 is 11.8 Å². The third-order valence-electron chi connectivity index (χ3n) is 6.55. The number of hydrogen-bond acceptors (Lipinski definition) is 5. The number of likely N-dealkylation sites (tertiary alicyclic amines) is 3. The summed E-state index contributed by atoms with van der Waals surface area (Å²) in [5, 5.41) is 0. The Bertz CT molecular complexity index is 741. The van der Waals surface area contributed by atoms with Crippen molar-refractivity contribution < 1.29 is 9.59 Å². The fourth-order valence-electron chi connectivity index (χ4n) is 4.84. The van der Waals surface area contributed by atoms with E-state index in [1.54, 1.807) is 6.20 Å². The Kier molecular flexibility index (Phi) is 6.43. The lowest BCUT2D eigenvalue weighted by molar-refractivity contribution is -0.136. The molecule has 0 aliphatic carbocycles. The molecule has 3 aliphatic heterocycles. The summed E-state index contributed by atoms with van der Waals surface area (Å²) in [6, 6.07) is -0.0725. The standard InChI is InChI=1S/C22H33N5O2/c1-17-18(22(29)26-12-4-2-5-13-26)15-23-21(24-17)19-9-3-6-14-27(19)20(28)16-25-10-7-8-11-25/h15,19H,2-14,16H2,1H3/t19-/m1/s1. The van der Waals surface area contributed by atoms with Crippen LogP contribution in [-0.2, 0) is 4.79 Å². The van der Waals surface area contributed by atoms with Crippen molar-refractivity contribution in [2.45, 2.75) is 64.3 Å². The summed E-state index contributed by atoms with van der Waals surface area (Å²) in [7, 11) is 0. The Morgan fingerprint density at radius 1 is 0.966 bits per heavy atom. The Balaban J connectivity index is 1.48. The molecular weight excluding hydrogens is 366 g/mol. The molecule has 3 aliphatic rings. The molecule has 7 nitrogen and oxygen atoms in total. The zero-order chi connectivity index (χ0) is 20.2. The average molecular weight is 400 g/mol.